The van der Waals surface area contributed by atoms with E-state index < -0.39 is 6.04 Å². The Hall–Kier alpha value is -2.25. The molecule has 0 saturated carbocycles. The van der Waals surface area contributed by atoms with E-state index >= 15 is 0 Å². The molecule has 28 heavy (non-hydrogen) atoms. The van der Waals surface area contributed by atoms with Crippen molar-refractivity contribution in [1.29, 1.82) is 0 Å². The highest BCUT2D eigenvalue weighted by Gasteiger charge is 2.41. The van der Waals surface area contributed by atoms with Crippen molar-refractivity contribution in [2.24, 2.45) is 5.41 Å². The summed E-state index contributed by atoms with van der Waals surface area (Å²) in [7, 11) is 0. The Morgan fingerprint density at radius 1 is 1.11 bits per heavy atom. The van der Waals surface area contributed by atoms with Gasteiger partial charge in [0.25, 0.3) is 5.91 Å². The van der Waals surface area contributed by atoms with Crippen molar-refractivity contribution >= 4 is 17.7 Å². The predicted molar refractivity (Wildman–Crippen MR) is 102 cm³/mol. The fourth-order valence-corrected chi connectivity index (χ4v) is 5.06. The molecule has 1 aromatic rings. The fraction of sp³-hybridized carbons (Fsp3) is 0.571. The normalized spacial score (nSPS) is 26.9. The summed E-state index contributed by atoms with van der Waals surface area (Å²) in [4.78, 5) is 40.7. The molecule has 7 nitrogen and oxygen atoms in total. The molecule has 2 N–H and O–H groups in total. The minimum absolute atomic E-state index is 0.0931. The Bertz CT molecular complexity index is 838. The van der Waals surface area contributed by atoms with Gasteiger partial charge in [0.15, 0.2) is 0 Å². The van der Waals surface area contributed by atoms with Gasteiger partial charge < -0.3 is 10.2 Å². The van der Waals surface area contributed by atoms with Gasteiger partial charge in [0.05, 0.1) is 0 Å². The van der Waals surface area contributed by atoms with Crippen LogP contribution in [0, 0.1) is 5.41 Å². The molecule has 3 amide bonds. The lowest BCUT2D eigenvalue weighted by molar-refractivity contribution is -0.136. The van der Waals surface area contributed by atoms with Crippen LogP contribution in [0.5, 0.6) is 0 Å². The Kier molecular flexibility index (Phi) is 4.25. The quantitative estimate of drug-likeness (QED) is 0.750. The molecule has 0 aliphatic carbocycles. The Balaban J connectivity index is 1.31. The standard InChI is InChI=1S/C21H26N4O3/c26-18-5-4-17(19(27)23-18)25-11-16-14(2-1-3-15(16)20(25)28)10-24-8-6-21(7-9-24)12-22-13-21/h1-3,17,22H,4-13H2,(H,23,26,27). The number of carbonyl (C=O) groups excluding carboxylic acids is 3. The third-order valence-electron chi connectivity index (χ3n) is 6.99. The first-order chi connectivity index (χ1) is 13.5. The van der Waals surface area contributed by atoms with Crippen LogP contribution in [-0.2, 0) is 22.7 Å². The lowest BCUT2D eigenvalue weighted by atomic mass is 9.73. The molecule has 4 aliphatic heterocycles. The Morgan fingerprint density at radius 2 is 1.89 bits per heavy atom. The molecular weight excluding hydrogens is 356 g/mol. The van der Waals surface area contributed by atoms with Crippen molar-refractivity contribution in [3.8, 4) is 0 Å². The van der Waals surface area contributed by atoms with Gasteiger partial charge in [0.1, 0.15) is 6.04 Å². The average Bonchev–Trinajstić information content (AvgIpc) is 2.99. The minimum Gasteiger partial charge on any atom is -0.322 e. The van der Waals surface area contributed by atoms with Gasteiger partial charge in [0.2, 0.25) is 11.8 Å². The maximum absolute atomic E-state index is 12.9. The van der Waals surface area contributed by atoms with E-state index in [2.05, 4.69) is 21.6 Å². The average molecular weight is 382 g/mol. The summed E-state index contributed by atoms with van der Waals surface area (Å²) in [6.45, 7) is 5.79. The van der Waals surface area contributed by atoms with Crippen LogP contribution < -0.4 is 10.6 Å². The number of amides is 3. The van der Waals surface area contributed by atoms with Crippen LogP contribution in [0.3, 0.4) is 0 Å². The Labute approximate surface area is 164 Å². The zero-order valence-corrected chi connectivity index (χ0v) is 16.0. The molecule has 0 aromatic heterocycles. The molecule has 0 radical (unpaired) electrons. The highest BCUT2D eigenvalue weighted by atomic mass is 16.2. The first-order valence-electron chi connectivity index (χ1n) is 10.2. The first kappa shape index (κ1) is 17.8. The number of likely N-dealkylation sites (tertiary alicyclic amines) is 1. The molecule has 5 rings (SSSR count). The van der Waals surface area contributed by atoms with Crippen LogP contribution >= 0.6 is 0 Å². The van der Waals surface area contributed by atoms with Crippen LogP contribution in [0.4, 0.5) is 0 Å². The second-order valence-electron chi connectivity index (χ2n) is 8.72. The van der Waals surface area contributed by atoms with Crippen molar-refractivity contribution in [3.63, 3.8) is 0 Å². The summed E-state index contributed by atoms with van der Waals surface area (Å²) in [6, 6.07) is 5.36. The maximum atomic E-state index is 12.9. The number of hydrogen-bond donors (Lipinski definition) is 2. The lowest BCUT2D eigenvalue weighted by Gasteiger charge is -2.48. The summed E-state index contributed by atoms with van der Waals surface area (Å²) in [5.41, 5.74) is 3.46. The molecular formula is C21H26N4O3. The van der Waals surface area contributed by atoms with Gasteiger partial charge in [0, 0.05) is 38.2 Å². The zero-order chi connectivity index (χ0) is 19.3. The van der Waals surface area contributed by atoms with Crippen LogP contribution in [0.15, 0.2) is 18.2 Å². The second-order valence-corrected chi connectivity index (χ2v) is 8.72. The number of carbonyl (C=O) groups is 3. The summed E-state index contributed by atoms with van der Waals surface area (Å²) < 4.78 is 0. The molecule has 1 spiro atoms. The number of imide groups is 1. The van der Waals surface area contributed by atoms with Crippen LogP contribution in [0.2, 0.25) is 0 Å². The van der Waals surface area contributed by atoms with Crippen LogP contribution in [0.25, 0.3) is 0 Å². The molecule has 3 saturated heterocycles. The molecule has 4 heterocycles. The molecule has 1 aromatic carbocycles. The number of rotatable bonds is 3. The second kappa shape index (κ2) is 6.67. The minimum atomic E-state index is -0.550. The van der Waals surface area contributed by atoms with E-state index in [4.69, 9.17) is 0 Å². The molecule has 7 heteroatoms. The molecule has 4 aliphatic rings. The van der Waals surface area contributed by atoms with Crippen molar-refractivity contribution in [3.05, 3.63) is 34.9 Å². The SMILES string of the molecule is O=C1CCC(N2Cc3c(CN4CCC5(CC4)CNC5)cccc3C2=O)C(=O)N1. The first-order valence-corrected chi connectivity index (χ1v) is 10.2. The van der Waals surface area contributed by atoms with E-state index in [1.165, 1.54) is 18.4 Å². The summed E-state index contributed by atoms with van der Waals surface area (Å²) >= 11 is 0. The Morgan fingerprint density at radius 3 is 2.57 bits per heavy atom. The van der Waals surface area contributed by atoms with Gasteiger partial charge in [-0.3, -0.25) is 24.6 Å². The third kappa shape index (κ3) is 2.93. The summed E-state index contributed by atoms with van der Waals surface area (Å²) in [5, 5.41) is 5.77. The number of nitrogens with one attached hydrogen (secondary N) is 2. The van der Waals surface area contributed by atoms with Gasteiger partial charge in [-0.05, 0) is 55.0 Å². The number of piperidine rings is 2. The van der Waals surface area contributed by atoms with E-state index in [9.17, 15) is 14.4 Å². The fourth-order valence-electron chi connectivity index (χ4n) is 5.06. The molecule has 0 bridgehead atoms. The van der Waals surface area contributed by atoms with Crippen molar-refractivity contribution in [2.75, 3.05) is 26.2 Å². The highest BCUT2D eigenvalue weighted by molar-refractivity contribution is 6.05. The number of benzene rings is 1. The number of hydrogen-bond acceptors (Lipinski definition) is 5. The van der Waals surface area contributed by atoms with Crippen LogP contribution in [-0.4, -0.2) is 59.7 Å². The van der Waals surface area contributed by atoms with Gasteiger partial charge in [-0.1, -0.05) is 12.1 Å². The molecule has 1 atom stereocenters. The number of fused-ring (bicyclic) bond motifs is 1. The smallest absolute Gasteiger partial charge is 0.255 e. The van der Waals surface area contributed by atoms with E-state index in [1.54, 1.807) is 4.90 Å². The van der Waals surface area contributed by atoms with Crippen molar-refractivity contribution in [2.45, 2.75) is 44.8 Å². The summed E-state index contributed by atoms with van der Waals surface area (Å²) in [6.07, 6.45) is 3.16. The predicted octanol–water partition coefficient (Wildman–Crippen LogP) is 0.633. The monoisotopic (exact) mass is 382 g/mol. The largest absolute Gasteiger partial charge is 0.322 e. The van der Waals surface area contributed by atoms with Crippen molar-refractivity contribution in [1.82, 2.24) is 20.4 Å². The van der Waals surface area contributed by atoms with Crippen LogP contribution in [0.1, 0.15) is 47.2 Å². The van der Waals surface area contributed by atoms with Gasteiger partial charge in [-0.15, -0.1) is 0 Å². The molecule has 148 valence electrons. The van der Waals surface area contributed by atoms with Gasteiger partial charge in [-0.25, -0.2) is 0 Å². The number of nitrogens with zero attached hydrogens (tertiary/aromatic N) is 2. The van der Waals surface area contributed by atoms with Crippen molar-refractivity contribution < 1.29 is 14.4 Å². The molecule has 3 fully saturated rings. The van der Waals surface area contributed by atoms with E-state index in [0.717, 1.165) is 38.3 Å². The lowest BCUT2D eigenvalue weighted by Crippen LogP contribution is -2.58. The summed E-state index contributed by atoms with van der Waals surface area (Å²) in [5.74, 6) is -0.700. The highest BCUT2D eigenvalue weighted by Crippen LogP contribution is 2.36. The van der Waals surface area contributed by atoms with E-state index in [0.29, 0.717) is 23.9 Å². The zero-order valence-electron chi connectivity index (χ0n) is 16.0. The van der Waals surface area contributed by atoms with Gasteiger partial charge >= 0.3 is 0 Å². The van der Waals surface area contributed by atoms with E-state index in [-0.39, 0.29) is 24.1 Å². The van der Waals surface area contributed by atoms with E-state index in [1.807, 2.05) is 12.1 Å². The topological polar surface area (TPSA) is 81.8 Å². The molecule has 1 unspecified atom stereocenters. The maximum Gasteiger partial charge on any atom is 0.255 e. The van der Waals surface area contributed by atoms with Gasteiger partial charge in [-0.2, -0.15) is 0 Å². The third-order valence-corrected chi connectivity index (χ3v) is 6.99.